The number of anilines is 2. The minimum absolute atomic E-state index is 0.106. The van der Waals surface area contributed by atoms with Crippen molar-refractivity contribution in [3.8, 4) is 17.5 Å². The first-order chi connectivity index (χ1) is 18.7. The minimum atomic E-state index is -0.641. The molecule has 1 aliphatic rings. The quantitative estimate of drug-likeness (QED) is 0.368. The standard InChI is InChI=1S/C31H32N6O2/c1-20-17-37(18-21(2)39-20)29-10-6-9-26(36-29)27-12-11-22-16-33-25(14-28(22)35-27)15-30(38)34-24-8-5-7-23(13-24)31(3,4)19-32/h5-14,16,20-21H,15,17-18H2,1-4H3,(H,34,38)/t20-,21+. The Balaban J connectivity index is 1.33. The van der Waals surface area contributed by atoms with Gasteiger partial charge >= 0.3 is 0 Å². The molecule has 0 bridgehead atoms. The SMILES string of the molecule is C[C@@H]1CN(c2cccc(-c3ccc4cnc(CC(=O)Nc5cccc(C(C)(C)C#N)c5)cc4n3)n2)C[C@H](C)O1. The van der Waals surface area contributed by atoms with Crippen molar-refractivity contribution in [2.24, 2.45) is 0 Å². The molecule has 3 aromatic heterocycles. The number of amides is 1. The van der Waals surface area contributed by atoms with Crippen LogP contribution in [0.15, 0.2) is 66.9 Å². The summed E-state index contributed by atoms with van der Waals surface area (Å²) in [6, 6.07) is 21.4. The van der Waals surface area contributed by atoms with Crippen LogP contribution in [-0.4, -0.2) is 46.2 Å². The molecule has 39 heavy (non-hydrogen) atoms. The van der Waals surface area contributed by atoms with Crippen LogP contribution in [-0.2, 0) is 21.4 Å². The maximum atomic E-state index is 12.8. The molecule has 1 aromatic carbocycles. The van der Waals surface area contributed by atoms with Crippen molar-refractivity contribution in [1.82, 2.24) is 15.0 Å². The number of ether oxygens (including phenoxy) is 1. The Labute approximate surface area is 228 Å². The molecule has 0 spiro atoms. The summed E-state index contributed by atoms with van der Waals surface area (Å²) in [4.78, 5) is 29.3. The van der Waals surface area contributed by atoms with Gasteiger partial charge in [-0.2, -0.15) is 5.26 Å². The van der Waals surface area contributed by atoms with Gasteiger partial charge in [0.15, 0.2) is 0 Å². The van der Waals surface area contributed by atoms with E-state index in [2.05, 4.69) is 35.1 Å². The normalized spacial score (nSPS) is 17.6. The molecule has 2 atom stereocenters. The third kappa shape index (κ3) is 6.05. The molecule has 0 unspecified atom stereocenters. The minimum Gasteiger partial charge on any atom is -0.372 e. The maximum Gasteiger partial charge on any atom is 0.230 e. The number of carbonyl (C=O) groups is 1. The molecule has 198 valence electrons. The largest absolute Gasteiger partial charge is 0.372 e. The van der Waals surface area contributed by atoms with Gasteiger partial charge in [-0.1, -0.05) is 18.2 Å². The van der Waals surface area contributed by atoms with E-state index in [0.29, 0.717) is 11.4 Å². The summed E-state index contributed by atoms with van der Waals surface area (Å²) in [6.07, 6.45) is 2.14. The fourth-order valence-electron chi connectivity index (χ4n) is 4.82. The molecule has 1 aliphatic heterocycles. The molecule has 1 N–H and O–H groups in total. The van der Waals surface area contributed by atoms with Crippen molar-refractivity contribution in [3.05, 3.63) is 78.1 Å². The first kappa shape index (κ1) is 26.3. The third-order valence-corrected chi connectivity index (χ3v) is 6.86. The molecule has 1 saturated heterocycles. The van der Waals surface area contributed by atoms with E-state index in [1.54, 1.807) is 6.20 Å². The van der Waals surface area contributed by atoms with E-state index in [4.69, 9.17) is 14.7 Å². The molecule has 5 rings (SSSR count). The molecule has 1 fully saturated rings. The number of nitrogens with zero attached hydrogens (tertiary/aromatic N) is 5. The first-order valence-corrected chi connectivity index (χ1v) is 13.2. The van der Waals surface area contributed by atoms with Crippen LogP contribution in [0.3, 0.4) is 0 Å². The molecular weight excluding hydrogens is 488 g/mol. The molecule has 0 aliphatic carbocycles. The van der Waals surface area contributed by atoms with Gasteiger partial charge in [-0.05, 0) is 75.7 Å². The van der Waals surface area contributed by atoms with Gasteiger partial charge in [0.1, 0.15) is 5.82 Å². The second-order valence-corrected chi connectivity index (χ2v) is 10.7. The molecule has 0 radical (unpaired) electrons. The van der Waals surface area contributed by atoms with Gasteiger partial charge in [0.05, 0.1) is 52.7 Å². The number of nitriles is 1. The average molecular weight is 521 g/mol. The van der Waals surface area contributed by atoms with Gasteiger partial charge in [0.2, 0.25) is 5.91 Å². The van der Waals surface area contributed by atoms with Crippen LogP contribution < -0.4 is 10.2 Å². The van der Waals surface area contributed by atoms with Crippen molar-refractivity contribution in [3.63, 3.8) is 0 Å². The van der Waals surface area contributed by atoms with Crippen LogP contribution >= 0.6 is 0 Å². The Morgan fingerprint density at radius 2 is 1.79 bits per heavy atom. The zero-order valence-electron chi connectivity index (χ0n) is 22.7. The lowest BCUT2D eigenvalue weighted by molar-refractivity contribution is -0.115. The van der Waals surface area contributed by atoms with E-state index in [-0.39, 0.29) is 24.5 Å². The molecule has 4 heterocycles. The zero-order valence-corrected chi connectivity index (χ0v) is 22.7. The Morgan fingerprint density at radius 3 is 2.56 bits per heavy atom. The summed E-state index contributed by atoms with van der Waals surface area (Å²) in [5.74, 6) is 0.721. The van der Waals surface area contributed by atoms with Gasteiger partial charge < -0.3 is 15.0 Å². The van der Waals surface area contributed by atoms with E-state index < -0.39 is 5.41 Å². The fourth-order valence-corrected chi connectivity index (χ4v) is 4.82. The Bertz CT molecular complexity index is 1550. The van der Waals surface area contributed by atoms with E-state index in [1.165, 1.54) is 0 Å². The number of aromatic nitrogens is 3. The highest BCUT2D eigenvalue weighted by Gasteiger charge is 2.23. The summed E-state index contributed by atoms with van der Waals surface area (Å²) in [5, 5.41) is 13.2. The molecule has 1 amide bonds. The van der Waals surface area contributed by atoms with Crippen molar-refractivity contribution in [2.45, 2.75) is 51.7 Å². The van der Waals surface area contributed by atoms with Crippen molar-refractivity contribution < 1.29 is 9.53 Å². The van der Waals surface area contributed by atoms with Crippen LogP contribution in [0.25, 0.3) is 22.3 Å². The van der Waals surface area contributed by atoms with Gasteiger partial charge in [-0.25, -0.2) is 9.97 Å². The highest BCUT2D eigenvalue weighted by atomic mass is 16.5. The van der Waals surface area contributed by atoms with Gasteiger partial charge in [0.25, 0.3) is 0 Å². The lowest BCUT2D eigenvalue weighted by Gasteiger charge is -2.36. The second-order valence-electron chi connectivity index (χ2n) is 10.7. The zero-order chi connectivity index (χ0) is 27.6. The molecule has 8 heteroatoms. The highest BCUT2D eigenvalue weighted by molar-refractivity contribution is 5.92. The van der Waals surface area contributed by atoms with Crippen LogP contribution in [0.5, 0.6) is 0 Å². The van der Waals surface area contributed by atoms with Crippen LogP contribution in [0.1, 0.15) is 39.0 Å². The number of carbonyl (C=O) groups excluding carboxylic acids is 1. The summed E-state index contributed by atoms with van der Waals surface area (Å²) in [6.45, 7) is 9.45. The topological polar surface area (TPSA) is 104 Å². The second kappa shape index (κ2) is 10.8. The van der Waals surface area contributed by atoms with E-state index in [1.807, 2.05) is 74.5 Å². The smallest absolute Gasteiger partial charge is 0.230 e. The third-order valence-electron chi connectivity index (χ3n) is 6.86. The van der Waals surface area contributed by atoms with Gasteiger partial charge in [0, 0.05) is 30.4 Å². The number of hydrogen-bond acceptors (Lipinski definition) is 7. The van der Waals surface area contributed by atoms with E-state index in [9.17, 15) is 10.1 Å². The number of hydrogen-bond donors (Lipinski definition) is 1. The Kier molecular flexibility index (Phi) is 7.27. The lowest BCUT2D eigenvalue weighted by Crippen LogP contribution is -2.45. The summed E-state index contributed by atoms with van der Waals surface area (Å²) in [5.41, 5.74) is 3.78. The van der Waals surface area contributed by atoms with E-state index >= 15 is 0 Å². The Hall–Kier alpha value is -4.35. The number of benzene rings is 1. The average Bonchev–Trinajstić information content (AvgIpc) is 2.92. The van der Waals surface area contributed by atoms with Crippen molar-refractivity contribution >= 4 is 28.3 Å². The molecular formula is C31H32N6O2. The Morgan fingerprint density at radius 1 is 1.05 bits per heavy atom. The van der Waals surface area contributed by atoms with Crippen molar-refractivity contribution in [2.75, 3.05) is 23.3 Å². The predicted molar refractivity (Wildman–Crippen MR) is 152 cm³/mol. The predicted octanol–water partition coefficient (Wildman–Crippen LogP) is 5.29. The number of rotatable bonds is 6. The highest BCUT2D eigenvalue weighted by Crippen LogP contribution is 2.26. The van der Waals surface area contributed by atoms with Crippen LogP contribution in [0.2, 0.25) is 0 Å². The van der Waals surface area contributed by atoms with Crippen LogP contribution in [0, 0.1) is 11.3 Å². The monoisotopic (exact) mass is 520 g/mol. The fraction of sp³-hybridized carbons (Fsp3) is 0.323. The maximum absolute atomic E-state index is 12.8. The number of nitrogens with one attached hydrogen (secondary N) is 1. The van der Waals surface area contributed by atoms with Crippen LogP contribution in [0.4, 0.5) is 11.5 Å². The first-order valence-electron chi connectivity index (χ1n) is 13.2. The van der Waals surface area contributed by atoms with Gasteiger partial charge in [-0.3, -0.25) is 9.78 Å². The summed E-state index contributed by atoms with van der Waals surface area (Å²) < 4.78 is 5.87. The molecule has 4 aromatic rings. The number of pyridine rings is 3. The summed E-state index contributed by atoms with van der Waals surface area (Å²) in [7, 11) is 0. The van der Waals surface area contributed by atoms with E-state index in [0.717, 1.165) is 46.8 Å². The van der Waals surface area contributed by atoms with Crippen molar-refractivity contribution in [1.29, 1.82) is 5.26 Å². The summed E-state index contributed by atoms with van der Waals surface area (Å²) >= 11 is 0. The molecule has 0 saturated carbocycles. The lowest BCUT2D eigenvalue weighted by atomic mass is 9.86. The van der Waals surface area contributed by atoms with Gasteiger partial charge in [-0.15, -0.1) is 0 Å². The number of morpholine rings is 1. The molecule has 8 nitrogen and oxygen atoms in total. The number of fused-ring (bicyclic) bond motifs is 1.